The van der Waals surface area contributed by atoms with Crippen molar-refractivity contribution in [1.82, 2.24) is 4.57 Å². The summed E-state index contributed by atoms with van der Waals surface area (Å²) in [4.78, 5) is 0. The van der Waals surface area contributed by atoms with Gasteiger partial charge in [-0.3, -0.25) is 0 Å². The third kappa shape index (κ3) is 3.29. The average Bonchev–Trinajstić information content (AvgIpc) is 3.44. The van der Waals surface area contributed by atoms with Crippen molar-refractivity contribution in [3.63, 3.8) is 0 Å². The van der Waals surface area contributed by atoms with E-state index in [2.05, 4.69) is 0 Å². The molecule has 34 heavy (non-hydrogen) atoms. The summed E-state index contributed by atoms with van der Waals surface area (Å²) in [5.41, 5.74) is -0.400. The standard InChI is InChI=1S/C30H28BNO2/c1-29(2)30(3,4)34-31(33-29)23-18-22(21-12-6-5-7-13-21)19-24(20-23)32-27-16-10-8-14-25(27)26-15-9-11-17-28(26)32/h5-20H,1-4H3/i5D,6D,7D,8D,9D,12D,13D,14D,15D,16D,17D. The molecule has 4 aromatic carbocycles. The van der Waals surface area contributed by atoms with Crippen LogP contribution in [-0.2, 0) is 9.31 Å². The quantitative estimate of drug-likeness (QED) is 0.280. The molecule has 0 bridgehead atoms. The van der Waals surface area contributed by atoms with Gasteiger partial charge in [0.05, 0.1) is 37.3 Å². The van der Waals surface area contributed by atoms with Gasteiger partial charge >= 0.3 is 7.12 Å². The fraction of sp³-hybridized carbons (Fsp3) is 0.200. The van der Waals surface area contributed by atoms with Gasteiger partial charge in [0, 0.05) is 16.5 Å². The Morgan fingerprint density at radius 2 is 1.26 bits per heavy atom. The number of hydrogen-bond donors (Lipinski definition) is 0. The summed E-state index contributed by atoms with van der Waals surface area (Å²) in [6, 6.07) is 3.46. The largest absolute Gasteiger partial charge is 0.494 e. The predicted molar refractivity (Wildman–Crippen MR) is 142 cm³/mol. The second kappa shape index (κ2) is 7.59. The molecule has 0 spiro atoms. The Kier molecular flexibility index (Phi) is 2.77. The summed E-state index contributed by atoms with van der Waals surface area (Å²) in [7, 11) is -0.948. The van der Waals surface area contributed by atoms with Crippen molar-refractivity contribution in [3.05, 3.63) is 96.8 Å². The van der Waals surface area contributed by atoms with E-state index in [9.17, 15) is 0 Å². The van der Waals surface area contributed by atoms with Crippen LogP contribution in [0.4, 0.5) is 0 Å². The maximum atomic E-state index is 8.84. The van der Waals surface area contributed by atoms with E-state index in [1.54, 1.807) is 18.2 Å². The number of benzene rings is 4. The van der Waals surface area contributed by atoms with Crippen molar-refractivity contribution in [2.24, 2.45) is 0 Å². The number of hydrogen-bond acceptors (Lipinski definition) is 2. The lowest BCUT2D eigenvalue weighted by molar-refractivity contribution is 0.00578. The Morgan fingerprint density at radius 1 is 0.676 bits per heavy atom. The molecule has 2 heterocycles. The third-order valence-corrected chi connectivity index (χ3v) is 6.64. The van der Waals surface area contributed by atoms with Crippen LogP contribution >= 0.6 is 0 Å². The second-order valence-corrected chi connectivity index (χ2v) is 9.30. The topological polar surface area (TPSA) is 23.4 Å². The Labute approximate surface area is 216 Å². The van der Waals surface area contributed by atoms with Crippen LogP contribution in [0.15, 0.2) is 96.8 Å². The van der Waals surface area contributed by atoms with E-state index in [-0.39, 0.29) is 74.9 Å². The first-order valence-electron chi connectivity index (χ1n) is 16.5. The smallest absolute Gasteiger partial charge is 0.399 e. The maximum Gasteiger partial charge on any atom is 0.494 e. The molecule has 1 aromatic heterocycles. The molecule has 0 aliphatic carbocycles. The van der Waals surface area contributed by atoms with Gasteiger partial charge in [0.2, 0.25) is 0 Å². The van der Waals surface area contributed by atoms with Gasteiger partial charge in [-0.15, -0.1) is 0 Å². The number of para-hydroxylation sites is 2. The van der Waals surface area contributed by atoms with E-state index >= 15 is 0 Å². The molecule has 0 radical (unpaired) electrons. The fourth-order valence-electron chi connectivity index (χ4n) is 4.19. The molecule has 1 aliphatic rings. The molecule has 5 aromatic rings. The van der Waals surface area contributed by atoms with Crippen molar-refractivity contribution in [2.45, 2.75) is 38.9 Å². The van der Waals surface area contributed by atoms with Crippen molar-refractivity contribution in [2.75, 3.05) is 0 Å². The normalized spacial score (nSPS) is 21.5. The lowest BCUT2D eigenvalue weighted by atomic mass is 9.77. The molecule has 0 amide bonds. The van der Waals surface area contributed by atoms with Crippen LogP contribution in [0.1, 0.15) is 42.8 Å². The molecular formula is C30H28BNO2. The summed E-state index contributed by atoms with van der Waals surface area (Å²) >= 11 is 0. The van der Waals surface area contributed by atoms with Crippen molar-refractivity contribution in [3.8, 4) is 16.8 Å². The van der Waals surface area contributed by atoms with Crippen molar-refractivity contribution < 1.29 is 24.4 Å². The van der Waals surface area contributed by atoms with Gasteiger partial charge < -0.3 is 13.9 Å². The van der Waals surface area contributed by atoms with Gasteiger partial charge in [-0.05, 0) is 68.5 Å². The van der Waals surface area contributed by atoms with E-state index in [1.165, 1.54) is 16.7 Å². The summed E-state index contributed by atoms with van der Waals surface area (Å²) in [5.74, 6) is 0. The minimum atomic E-state index is -0.948. The maximum absolute atomic E-state index is 8.84. The zero-order chi connectivity index (χ0) is 33.1. The van der Waals surface area contributed by atoms with E-state index in [4.69, 9.17) is 24.4 Å². The molecule has 1 aliphatic heterocycles. The minimum Gasteiger partial charge on any atom is -0.399 e. The highest BCUT2D eigenvalue weighted by Gasteiger charge is 2.51. The third-order valence-electron chi connectivity index (χ3n) is 6.64. The molecule has 168 valence electrons. The van der Waals surface area contributed by atoms with Gasteiger partial charge in [0.25, 0.3) is 0 Å². The molecule has 1 saturated heterocycles. The first-order chi connectivity index (χ1) is 20.9. The molecule has 0 N–H and O–H groups in total. The monoisotopic (exact) mass is 456 g/mol. The van der Waals surface area contributed by atoms with Crippen LogP contribution in [0.3, 0.4) is 0 Å². The van der Waals surface area contributed by atoms with Gasteiger partial charge in [-0.1, -0.05) is 72.6 Å². The van der Waals surface area contributed by atoms with Crippen LogP contribution in [0.2, 0.25) is 0 Å². The molecular weight excluding hydrogens is 417 g/mol. The van der Waals surface area contributed by atoms with Crippen LogP contribution in [0.5, 0.6) is 0 Å². The molecule has 3 nitrogen and oxygen atoms in total. The SMILES string of the molecule is [2H]c1cc([2H])c2c(c1[2H])c1c([2H])c([2H])cc([2H])c1n2-c1cc(B2OC(C)(C)C(C)(C)O2)cc(-c2c([2H])c([2H])c([2H])c([2H])c2[2H])c1. The number of fused-ring (bicyclic) bond motifs is 3. The minimum absolute atomic E-state index is 0.0699. The predicted octanol–water partition coefficient (Wildman–Crippen LogP) is 6.75. The molecule has 0 atom stereocenters. The zero-order valence-corrected chi connectivity index (χ0v) is 19.2. The van der Waals surface area contributed by atoms with Gasteiger partial charge in [-0.2, -0.15) is 0 Å². The van der Waals surface area contributed by atoms with Crippen LogP contribution in [0, 0.1) is 0 Å². The van der Waals surface area contributed by atoms with E-state index in [0.29, 0.717) is 5.46 Å². The zero-order valence-electron chi connectivity index (χ0n) is 30.2. The first-order valence-corrected chi connectivity index (χ1v) is 11.0. The van der Waals surface area contributed by atoms with Gasteiger partial charge in [-0.25, -0.2) is 0 Å². The lowest BCUT2D eigenvalue weighted by Crippen LogP contribution is -2.41. The van der Waals surface area contributed by atoms with Gasteiger partial charge in [0.15, 0.2) is 0 Å². The Morgan fingerprint density at radius 3 is 1.85 bits per heavy atom. The van der Waals surface area contributed by atoms with E-state index in [0.717, 1.165) is 0 Å². The summed E-state index contributed by atoms with van der Waals surface area (Å²) in [6.07, 6.45) is 0. The Bertz CT molecular complexity index is 1990. The van der Waals surface area contributed by atoms with E-state index in [1.807, 2.05) is 27.7 Å². The van der Waals surface area contributed by atoms with E-state index < -0.39 is 48.5 Å². The average molecular weight is 456 g/mol. The molecule has 0 unspecified atom stereocenters. The Hall–Kier alpha value is -3.34. The van der Waals surface area contributed by atoms with Gasteiger partial charge in [0.1, 0.15) is 0 Å². The molecule has 4 heteroatoms. The molecule has 0 saturated carbocycles. The second-order valence-electron chi connectivity index (χ2n) is 9.30. The Balaban J connectivity index is 1.79. The number of rotatable bonds is 3. The first kappa shape index (κ1) is 12.4. The van der Waals surface area contributed by atoms with Crippen molar-refractivity contribution in [1.29, 1.82) is 0 Å². The summed E-state index contributed by atoms with van der Waals surface area (Å²) in [6.45, 7) is 7.51. The molecule has 1 fully saturated rings. The highest BCUT2D eigenvalue weighted by Crippen LogP contribution is 2.38. The van der Waals surface area contributed by atoms with Crippen LogP contribution in [0.25, 0.3) is 38.6 Å². The summed E-state index contributed by atoms with van der Waals surface area (Å²) < 4.78 is 108. The highest BCUT2D eigenvalue weighted by molar-refractivity contribution is 6.62. The highest BCUT2D eigenvalue weighted by atomic mass is 16.7. The van der Waals surface area contributed by atoms with Crippen LogP contribution in [-0.4, -0.2) is 22.9 Å². The molecule has 6 rings (SSSR count). The van der Waals surface area contributed by atoms with Crippen LogP contribution < -0.4 is 5.46 Å². The lowest BCUT2D eigenvalue weighted by Gasteiger charge is -2.32. The summed E-state index contributed by atoms with van der Waals surface area (Å²) in [5, 5.41) is 0.140. The van der Waals surface area contributed by atoms with Crippen molar-refractivity contribution >= 4 is 34.4 Å². The fourth-order valence-corrected chi connectivity index (χ4v) is 4.19. The number of nitrogens with zero attached hydrogens (tertiary/aromatic N) is 1. The number of aromatic nitrogens is 1.